The number of hydrogen-bond donors (Lipinski definition) is 1. The molecule has 7 heteroatoms. The normalized spacial score (nSPS) is 11.1. The smallest absolute Gasteiger partial charge is 0.270 e. The van der Waals surface area contributed by atoms with Crippen molar-refractivity contribution in [1.29, 1.82) is 0 Å². The molecule has 0 atom stereocenters. The third kappa shape index (κ3) is 5.43. The summed E-state index contributed by atoms with van der Waals surface area (Å²) in [5, 5.41) is 2.93. The minimum absolute atomic E-state index is 0.226. The van der Waals surface area contributed by atoms with Gasteiger partial charge in [-0.3, -0.25) is 9.78 Å². The topological polar surface area (TPSA) is 78.3 Å². The van der Waals surface area contributed by atoms with Crippen LogP contribution in [-0.4, -0.2) is 34.2 Å². The maximum atomic E-state index is 12.4. The van der Waals surface area contributed by atoms with E-state index >= 15 is 0 Å². The summed E-state index contributed by atoms with van der Waals surface area (Å²) in [7, 11) is 1.64. The fourth-order valence-corrected chi connectivity index (χ4v) is 3.76. The van der Waals surface area contributed by atoms with E-state index in [9.17, 15) is 4.79 Å². The molecule has 34 heavy (non-hydrogen) atoms. The zero-order valence-electron chi connectivity index (χ0n) is 19.4. The lowest BCUT2D eigenvalue weighted by atomic mass is 10.2. The lowest BCUT2D eigenvalue weighted by Crippen LogP contribution is -2.25. The summed E-state index contributed by atoms with van der Waals surface area (Å²) in [6, 6.07) is 19.1. The fraction of sp³-hybridized carbons (Fsp3) is 0.222. The lowest BCUT2D eigenvalue weighted by molar-refractivity contribution is 0.0944. The Morgan fingerprint density at radius 3 is 2.74 bits per heavy atom. The van der Waals surface area contributed by atoms with Crippen LogP contribution in [0.2, 0.25) is 0 Å². The number of nitrogens with one attached hydrogen (secondary N) is 1. The van der Waals surface area contributed by atoms with Crippen LogP contribution in [0.15, 0.2) is 72.9 Å². The van der Waals surface area contributed by atoms with E-state index in [1.54, 1.807) is 31.5 Å². The predicted octanol–water partition coefficient (Wildman–Crippen LogP) is 4.87. The molecule has 0 saturated carbocycles. The minimum Gasteiger partial charge on any atom is -0.493 e. The van der Waals surface area contributed by atoms with Crippen molar-refractivity contribution in [2.45, 2.75) is 26.4 Å². The Morgan fingerprint density at radius 2 is 1.94 bits per heavy atom. The first-order valence-electron chi connectivity index (χ1n) is 11.3. The molecule has 0 saturated heterocycles. The van der Waals surface area contributed by atoms with Crippen LogP contribution < -0.4 is 14.8 Å². The molecule has 0 radical (unpaired) electrons. The Morgan fingerprint density at radius 1 is 1.09 bits per heavy atom. The van der Waals surface area contributed by atoms with Crippen molar-refractivity contribution >= 4 is 23.0 Å². The van der Waals surface area contributed by atoms with Gasteiger partial charge in [0.05, 0.1) is 31.3 Å². The molecule has 7 nitrogen and oxygen atoms in total. The highest BCUT2D eigenvalue weighted by molar-refractivity contribution is 5.92. The molecule has 0 aliphatic rings. The second-order valence-corrected chi connectivity index (χ2v) is 7.68. The summed E-state index contributed by atoms with van der Waals surface area (Å²) in [5.41, 5.74) is 3.37. The first kappa shape index (κ1) is 23.0. The molecule has 2 aromatic heterocycles. The highest BCUT2D eigenvalue weighted by Crippen LogP contribution is 2.28. The molecule has 4 rings (SSSR count). The van der Waals surface area contributed by atoms with Crippen molar-refractivity contribution in [2.24, 2.45) is 0 Å². The van der Waals surface area contributed by atoms with Crippen LogP contribution in [0.3, 0.4) is 0 Å². The van der Waals surface area contributed by atoms with Gasteiger partial charge >= 0.3 is 0 Å². The number of aromatic nitrogens is 3. The third-order valence-electron chi connectivity index (χ3n) is 5.37. The highest BCUT2D eigenvalue weighted by Gasteiger charge is 2.13. The number of amides is 1. The number of rotatable bonds is 10. The van der Waals surface area contributed by atoms with Crippen molar-refractivity contribution in [3.63, 3.8) is 0 Å². The van der Waals surface area contributed by atoms with Crippen LogP contribution in [0.4, 0.5) is 0 Å². The number of benzene rings is 2. The number of pyridine rings is 1. The Balaban J connectivity index is 1.42. The number of fused-ring (bicyclic) bond motifs is 1. The van der Waals surface area contributed by atoms with E-state index in [-0.39, 0.29) is 5.91 Å². The van der Waals surface area contributed by atoms with Gasteiger partial charge in [-0.15, -0.1) is 0 Å². The molecule has 0 spiro atoms. The van der Waals surface area contributed by atoms with Crippen LogP contribution >= 0.6 is 0 Å². The second-order valence-electron chi connectivity index (χ2n) is 7.68. The van der Waals surface area contributed by atoms with Crippen molar-refractivity contribution in [3.8, 4) is 11.5 Å². The van der Waals surface area contributed by atoms with E-state index in [1.165, 1.54) is 0 Å². The lowest BCUT2D eigenvalue weighted by Gasteiger charge is -2.13. The molecule has 0 aliphatic heterocycles. The van der Waals surface area contributed by atoms with Crippen LogP contribution in [0.5, 0.6) is 11.5 Å². The molecule has 174 valence electrons. The summed E-state index contributed by atoms with van der Waals surface area (Å²) in [6.45, 7) is 3.51. The van der Waals surface area contributed by atoms with Gasteiger partial charge in [0, 0.05) is 12.7 Å². The third-order valence-corrected chi connectivity index (χ3v) is 5.37. The average molecular weight is 457 g/mol. The van der Waals surface area contributed by atoms with Crippen LogP contribution in [0.1, 0.15) is 35.2 Å². The molecule has 1 amide bonds. The maximum absolute atomic E-state index is 12.4. The van der Waals surface area contributed by atoms with Crippen molar-refractivity contribution in [3.05, 3.63) is 90.0 Å². The van der Waals surface area contributed by atoms with E-state index in [0.29, 0.717) is 36.9 Å². The second kappa shape index (κ2) is 11.1. The van der Waals surface area contributed by atoms with Gasteiger partial charge < -0.3 is 19.4 Å². The van der Waals surface area contributed by atoms with Crippen LogP contribution in [0.25, 0.3) is 17.1 Å². The molecule has 1 N–H and O–H groups in total. The number of carbonyl (C=O) groups is 1. The molecule has 4 aromatic rings. The number of ether oxygens (including phenoxy) is 2. The van der Waals surface area contributed by atoms with E-state index in [2.05, 4.69) is 14.9 Å². The molecular weight excluding hydrogens is 428 g/mol. The number of imidazole rings is 1. The summed E-state index contributed by atoms with van der Waals surface area (Å²) in [5.74, 6) is 1.99. The van der Waals surface area contributed by atoms with Crippen LogP contribution in [-0.2, 0) is 13.1 Å². The molecule has 0 bridgehead atoms. The summed E-state index contributed by atoms with van der Waals surface area (Å²) < 4.78 is 13.6. The average Bonchev–Trinajstić information content (AvgIpc) is 3.23. The molecule has 0 unspecified atom stereocenters. The first-order chi connectivity index (χ1) is 16.7. The molecular formula is C27H28N4O3. The number of para-hydroxylation sites is 2. The predicted molar refractivity (Wildman–Crippen MR) is 133 cm³/mol. The van der Waals surface area contributed by atoms with Gasteiger partial charge in [0.25, 0.3) is 5.91 Å². The standard InChI is InChI=1S/C27H28N4O3/c1-3-9-20-13-14-24(25(18-20)33-2)34-17-8-16-31-23-12-5-4-10-21(23)30-26(31)19-29-27(32)22-11-6-7-15-28-22/h3-7,9-15,18H,8,16-17,19H2,1-2H3,(H,29,32)/b9-3+. The van der Waals surface area contributed by atoms with E-state index in [0.717, 1.165) is 28.8 Å². The van der Waals surface area contributed by atoms with Gasteiger partial charge in [0.1, 0.15) is 11.5 Å². The van der Waals surface area contributed by atoms with Gasteiger partial charge in [-0.05, 0) is 55.3 Å². The first-order valence-corrected chi connectivity index (χ1v) is 11.3. The van der Waals surface area contributed by atoms with E-state index < -0.39 is 0 Å². The van der Waals surface area contributed by atoms with Crippen molar-refractivity contribution < 1.29 is 14.3 Å². The number of hydrogen-bond acceptors (Lipinski definition) is 5. The highest BCUT2D eigenvalue weighted by atomic mass is 16.5. The number of nitrogens with zero attached hydrogens (tertiary/aromatic N) is 3. The van der Waals surface area contributed by atoms with Gasteiger partial charge in [0.15, 0.2) is 11.5 Å². The monoisotopic (exact) mass is 456 g/mol. The summed E-state index contributed by atoms with van der Waals surface area (Å²) in [4.78, 5) is 21.3. The number of carbonyl (C=O) groups excluding carboxylic acids is 1. The zero-order chi connectivity index (χ0) is 23.8. The van der Waals surface area contributed by atoms with Crippen molar-refractivity contribution in [2.75, 3.05) is 13.7 Å². The van der Waals surface area contributed by atoms with Crippen molar-refractivity contribution in [1.82, 2.24) is 19.9 Å². The number of aryl methyl sites for hydroxylation is 1. The summed E-state index contributed by atoms with van der Waals surface area (Å²) >= 11 is 0. The van der Waals surface area contributed by atoms with Gasteiger partial charge in [-0.25, -0.2) is 4.98 Å². The Labute approximate surface area is 199 Å². The quantitative estimate of drug-likeness (QED) is 0.345. The molecule has 0 fully saturated rings. The largest absolute Gasteiger partial charge is 0.493 e. The molecule has 0 aliphatic carbocycles. The Bertz CT molecular complexity index is 1280. The van der Waals surface area contributed by atoms with Gasteiger partial charge in [-0.1, -0.05) is 36.4 Å². The molecule has 2 heterocycles. The zero-order valence-corrected chi connectivity index (χ0v) is 19.4. The van der Waals surface area contributed by atoms with Gasteiger partial charge in [0.2, 0.25) is 0 Å². The minimum atomic E-state index is -0.226. The Kier molecular flexibility index (Phi) is 7.55. The Hall–Kier alpha value is -4.13. The van der Waals surface area contributed by atoms with E-state index in [4.69, 9.17) is 14.5 Å². The number of methoxy groups -OCH3 is 1. The van der Waals surface area contributed by atoms with Crippen LogP contribution in [0, 0.1) is 0 Å². The number of allylic oxidation sites excluding steroid dienone is 1. The van der Waals surface area contributed by atoms with E-state index in [1.807, 2.05) is 61.5 Å². The van der Waals surface area contributed by atoms with Gasteiger partial charge in [-0.2, -0.15) is 0 Å². The SMILES string of the molecule is C/C=C/c1ccc(OCCCn2c(CNC(=O)c3ccccn3)nc3ccccc32)c(OC)c1. The fourth-order valence-electron chi connectivity index (χ4n) is 3.76. The summed E-state index contributed by atoms with van der Waals surface area (Å²) in [6.07, 6.45) is 6.38. The maximum Gasteiger partial charge on any atom is 0.270 e. The molecule has 2 aromatic carbocycles.